The SMILES string of the molecule is NC(=S)Nc1ccsc1. The average molecular weight is 158 g/mol. The maximum Gasteiger partial charge on any atom is 0.168 e. The lowest BCUT2D eigenvalue weighted by Gasteiger charge is -1.96. The zero-order valence-corrected chi connectivity index (χ0v) is 6.26. The monoisotopic (exact) mass is 158 g/mol. The van der Waals surface area contributed by atoms with Gasteiger partial charge in [0, 0.05) is 5.38 Å². The summed E-state index contributed by atoms with van der Waals surface area (Å²) in [4.78, 5) is 0. The van der Waals surface area contributed by atoms with E-state index in [-0.39, 0.29) is 0 Å². The van der Waals surface area contributed by atoms with E-state index in [1.165, 1.54) is 0 Å². The molecule has 0 fully saturated rings. The summed E-state index contributed by atoms with van der Waals surface area (Å²) in [5.41, 5.74) is 6.17. The number of thiocarbonyl (C=S) groups is 1. The molecule has 0 atom stereocenters. The average Bonchev–Trinajstić information content (AvgIpc) is 2.15. The summed E-state index contributed by atoms with van der Waals surface area (Å²) in [5.74, 6) is 0. The Morgan fingerprint density at radius 2 is 2.56 bits per heavy atom. The van der Waals surface area contributed by atoms with E-state index in [4.69, 9.17) is 5.73 Å². The second kappa shape index (κ2) is 2.80. The van der Waals surface area contributed by atoms with Crippen molar-refractivity contribution in [3.05, 3.63) is 16.8 Å². The van der Waals surface area contributed by atoms with Crippen LogP contribution in [0.2, 0.25) is 0 Å². The van der Waals surface area contributed by atoms with Crippen LogP contribution in [-0.2, 0) is 0 Å². The molecule has 1 rings (SSSR count). The van der Waals surface area contributed by atoms with E-state index < -0.39 is 0 Å². The normalized spacial score (nSPS) is 8.89. The van der Waals surface area contributed by atoms with Gasteiger partial charge in [0.2, 0.25) is 0 Å². The summed E-state index contributed by atoms with van der Waals surface area (Å²) in [6.07, 6.45) is 0. The predicted octanol–water partition coefficient (Wildman–Crippen LogP) is 1.40. The van der Waals surface area contributed by atoms with Gasteiger partial charge in [-0.15, -0.1) is 0 Å². The van der Waals surface area contributed by atoms with Crippen molar-refractivity contribution in [1.29, 1.82) is 0 Å². The Morgan fingerprint density at radius 3 is 3.00 bits per heavy atom. The molecule has 0 aromatic carbocycles. The van der Waals surface area contributed by atoms with Crippen LogP contribution in [0.25, 0.3) is 0 Å². The molecule has 4 heteroatoms. The maximum absolute atomic E-state index is 5.21. The van der Waals surface area contributed by atoms with Crippen molar-refractivity contribution in [1.82, 2.24) is 0 Å². The van der Waals surface area contributed by atoms with Crippen LogP contribution in [0.1, 0.15) is 0 Å². The van der Waals surface area contributed by atoms with Crippen LogP contribution in [-0.4, -0.2) is 5.11 Å². The van der Waals surface area contributed by atoms with Crippen molar-refractivity contribution in [2.75, 3.05) is 5.32 Å². The fourth-order valence-corrected chi connectivity index (χ4v) is 1.18. The van der Waals surface area contributed by atoms with E-state index in [0.717, 1.165) is 5.69 Å². The molecule has 1 heterocycles. The molecule has 0 spiro atoms. The third-order valence-corrected chi connectivity index (χ3v) is 1.57. The van der Waals surface area contributed by atoms with Gasteiger partial charge in [0.25, 0.3) is 0 Å². The minimum absolute atomic E-state index is 0.313. The van der Waals surface area contributed by atoms with Crippen molar-refractivity contribution in [3.8, 4) is 0 Å². The second-order valence-electron chi connectivity index (χ2n) is 1.50. The lowest BCUT2D eigenvalue weighted by molar-refractivity contribution is 1.67. The van der Waals surface area contributed by atoms with Crippen LogP contribution in [0.4, 0.5) is 5.69 Å². The fourth-order valence-electron chi connectivity index (χ4n) is 0.478. The molecule has 0 saturated carbocycles. The van der Waals surface area contributed by atoms with Gasteiger partial charge in [0.1, 0.15) is 0 Å². The quantitative estimate of drug-likeness (QED) is 0.607. The van der Waals surface area contributed by atoms with Gasteiger partial charge in [-0.05, 0) is 23.7 Å². The number of hydrogen-bond acceptors (Lipinski definition) is 2. The Hall–Kier alpha value is -0.610. The predicted molar refractivity (Wildman–Crippen MR) is 44.7 cm³/mol. The summed E-state index contributed by atoms with van der Waals surface area (Å²) in [7, 11) is 0. The third-order valence-electron chi connectivity index (χ3n) is 0.789. The van der Waals surface area contributed by atoms with Crippen LogP contribution in [0.3, 0.4) is 0 Å². The van der Waals surface area contributed by atoms with E-state index in [1.807, 2.05) is 16.8 Å². The minimum Gasteiger partial charge on any atom is -0.376 e. The lowest BCUT2D eigenvalue weighted by atomic mass is 10.5. The number of nitrogens with two attached hydrogens (primary N) is 1. The zero-order chi connectivity index (χ0) is 6.69. The standard InChI is InChI=1S/C5H6N2S2/c6-5(8)7-4-1-2-9-3-4/h1-3H,(H3,6,7,8). The highest BCUT2D eigenvalue weighted by Crippen LogP contribution is 2.10. The molecule has 3 N–H and O–H groups in total. The van der Waals surface area contributed by atoms with E-state index in [9.17, 15) is 0 Å². The van der Waals surface area contributed by atoms with E-state index in [2.05, 4.69) is 17.5 Å². The Bertz CT molecular complexity index is 193. The van der Waals surface area contributed by atoms with E-state index >= 15 is 0 Å². The molecular formula is C5H6N2S2. The molecule has 2 nitrogen and oxygen atoms in total. The Morgan fingerprint density at radius 1 is 1.78 bits per heavy atom. The molecule has 48 valence electrons. The molecule has 0 saturated heterocycles. The van der Waals surface area contributed by atoms with Crippen LogP contribution in [0.5, 0.6) is 0 Å². The molecule has 1 aromatic rings. The summed E-state index contributed by atoms with van der Waals surface area (Å²) in [5, 5.41) is 7.02. The van der Waals surface area contributed by atoms with E-state index in [0.29, 0.717) is 5.11 Å². The highest BCUT2D eigenvalue weighted by molar-refractivity contribution is 7.80. The number of anilines is 1. The van der Waals surface area contributed by atoms with Gasteiger partial charge < -0.3 is 11.1 Å². The van der Waals surface area contributed by atoms with Gasteiger partial charge in [0.05, 0.1) is 5.69 Å². The van der Waals surface area contributed by atoms with Gasteiger partial charge in [0.15, 0.2) is 5.11 Å². The summed E-state index contributed by atoms with van der Waals surface area (Å²) in [6.45, 7) is 0. The van der Waals surface area contributed by atoms with Crippen molar-refractivity contribution in [2.45, 2.75) is 0 Å². The zero-order valence-electron chi connectivity index (χ0n) is 4.63. The van der Waals surface area contributed by atoms with Crippen LogP contribution in [0, 0.1) is 0 Å². The third kappa shape index (κ3) is 1.99. The van der Waals surface area contributed by atoms with Gasteiger partial charge in [-0.3, -0.25) is 0 Å². The first-order valence-electron chi connectivity index (χ1n) is 2.37. The summed E-state index contributed by atoms with van der Waals surface area (Å²) in [6, 6.07) is 1.92. The van der Waals surface area contributed by atoms with Gasteiger partial charge in [-0.1, -0.05) is 0 Å². The highest BCUT2D eigenvalue weighted by Gasteiger charge is 1.89. The molecule has 0 aliphatic rings. The van der Waals surface area contributed by atoms with E-state index in [1.54, 1.807) is 11.3 Å². The lowest BCUT2D eigenvalue weighted by Crippen LogP contribution is -2.18. The van der Waals surface area contributed by atoms with Crippen molar-refractivity contribution >= 4 is 34.4 Å². The first kappa shape index (κ1) is 6.51. The van der Waals surface area contributed by atoms with Crippen molar-refractivity contribution < 1.29 is 0 Å². The summed E-state index contributed by atoms with van der Waals surface area (Å²) < 4.78 is 0. The molecule has 0 radical (unpaired) electrons. The Labute approximate surface area is 62.7 Å². The highest BCUT2D eigenvalue weighted by atomic mass is 32.1. The second-order valence-corrected chi connectivity index (χ2v) is 2.72. The van der Waals surface area contributed by atoms with Crippen molar-refractivity contribution in [3.63, 3.8) is 0 Å². The minimum atomic E-state index is 0.313. The topological polar surface area (TPSA) is 38.0 Å². The van der Waals surface area contributed by atoms with Crippen LogP contribution in [0.15, 0.2) is 16.8 Å². The fraction of sp³-hybridized carbons (Fsp3) is 0. The first-order valence-corrected chi connectivity index (χ1v) is 3.73. The molecule has 1 aromatic heterocycles. The number of nitrogens with one attached hydrogen (secondary N) is 1. The van der Waals surface area contributed by atoms with Gasteiger partial charge in [-0.2, -0.15) is 11.3 Å². The largest absolute Gasteiger partial charge is 0.376 e. The Balaban J connectivity index is 2.58. The first-order chi connectivity index (χ1) is 4.29. The maximum atomic E-state index is 5.21. The molecule has 0 amide bonds. The van der Waals surface area contributed by atoms with Crippen LogP contribution >= 0.6 is 23.6 Å². The molecule has 9 heavy (non-hydrogen) atoms. The molecule has 0 bridgehead atoms. The number of thiophene rings is 1. The molecular weight excluding hydrogens is 152 g/mol. The number of hydrogen-bond donors (Lipinski definition) is 2. The van der Waals surface area contributed by atoms with Crippen molar-refractivity contribution in [2.24, 2.45) is 5.73 Å². The van der Waals surface area contributed by atoms with Crippen LogP contribution < -0.4 is 11.1 Å². The molecule has 0 aliphatic carbocycles. The Kier molecular flexibility index (Phi) is 2.02. The molecule has 0 aliphatic heterocycles. The summed E-state index contributed by atoms with van der Waals surface area (Å²) >= 11 is 6.22. The van der Waals surface area contributed by atoms with Gasteiger partial charge >= 0.3 is 0 Å². The molecule has 0 unspecified atom stereocenters. The smallest absolute Gasteiger partial charge is 0.168 e. The van der Waals surface area contributed by atoms with Gasteiger partial charge in [-0.25, -0.2) is 0 Å². The number of rotatable bonds is 1.